The summed E-state index contributed by atoms with van der Waals surface area (Å²) in [4.78, 5) is 11.1. The van der Waals surface area contributed by atoms with Crippen molar-refractivity contribution in [3.63, 3.8) is 0 Å². The molecular formula is C14H14O2. The fourth-order valence-electron chi connectivity index (χ4n) is 1.81. The molecule has 2 nitrogen and oxygen atoms in total. The highest BCUT2D eigenvalue weighted by molar-refractivity contribution is 5.91. The predicted molar refractivity (Wildman–Crippen MR) is 64.7 cm³/mol. The topological polar surface area (TPSA) is 26.3 Å². The van der Waals surface area contributed by atoms with Crippen molar-refractivity contribution in [2.75, 3.05) is 0 Å². The highest BCUT2D eigenvalue weighted by Crippen LogP contribution is 2.30. The lowest BCUT2D eigenvalue weighted by atomic mass is 10.0. The fraction of sp³-hybridized carbons (Fsp3) is 0.214. The summed E-state index contributed by atoms with van der Waals surface area (Å²) in [5.41, 5.74) is 2.18. The van der Waals surface area contributed by atoms with Gasteiger partial charge in [-0.15, -0.1) is 0 Å². The van der Waals surface area contributed by atoms with Crippen molar-refractivity contribution < 1.29 is 9.53 Å². The molecule has 0 unspecified atom stereocenters. The maximum absolute atomic E-state index is 11.1. The van der Waals surface area contributed by atoms with E-state index in [9.17, 15) is 4.79 Å². The highest BCUT2D eigenvalue weighted by atomic mass is 16.5. The number of benzene rings is 2. The van der Waals surface area contributed by atoms with Crippen LogP contribution in [0, 0.1) is 13.8 Å². The van der Waals surface area contributed by atoms with Crippen LogP contribution in [-0.2, 0) is 4.79 Å². The van der Waals surface area contributed by atoms with Crippen molar-refractivity contribution in [3.05, 3.63) is 41.5 Å². The Labute approximate surface area is 94.8 Å². The van der Waals surface area contributed by atoms with Crippen molar-refractivity contribution in [2.24, 2.45) is 0 Å². The molecule has 0 aliphatic heterocycles. The molecule has 0 saturated carbocycles. The van der Waals surface area contributed by atoms with Crippen LogP contribution < -0.4 is 4.74 Å². The van der Waals surface area contributed by atoms with Crippen LogP contribution in [0.4, 0.5) is 0 Å². The molecule has 16 heavy (non-hydrogen) atoms. The zero-order chi connectivity index (χ0) is 11.7. The first-order valence-electron chi connectivity index (χ1n) is 5.26. The first-order chi connectivity index (χ1) is 7.58. The van der Waals surface area contributed by atoms with Crippen LogP contribution in [0.15, 0.2) is 30.3 Å². The SMILES string of the molecule is CC(=O)Oc1c(C)ccc2cc(C)ccc12. The molecule has 0 atom stereocenters. The number of fused-ring (bicyclic) bond motifs is 1. The summed E-state index contributed by atoms with van der Waals surface area (Å²) in [5, 5.41) is 2.09. The second kappa shape index (κ2) is 3.97. The van der Waals surface area contributed by atoms with Gasteiger partial charge in [-0.25, -0.2) is 0 Å². The van der Waals surface area contributed by atoms with Gasteiger partial charge in [-0.2, -0.15) is 0 Å². The Morgan fingerprint density at radius 3 is 2.56 bits per heavy atom. The van der Waals surface area contributed by atoms with Gasteiger partial charge in [0.05, 0.1) is 0 Å². The number of carbonyl (C=O) groups excluding carboxylic acids is 1. The molecule has 0 N–H and O–H groups in total. The minimum absolute atomic E-state index is 0.281. The smallest absolute Gasteiger partial charge is 0.308 e. The molecule has 2 heteroatoms. The first kappa shape index (κ1) is 10.7. The van der Waals surface area contributed by atoms with Crippen molar-refractivity contribution >= 4 is 16.7 Å². The Kier molecular flexibility index (Phi) is 2.65. The Bertz CT molecular complexity index is 556. The summed E-state index contributed by atoms with van der Waals surface area (Å²) in [7, 11) is 0. The summed E-state index contributed by atoms with van der Waals surface area (Å²) in [6.45, 7) is 5.41. The predicted octanol–water partition coefficient (Wildman–Crippen LogP) is 3.38. The van der Waals surface area contributed by atoms with E-state index in [0.717, 1.165) is 16.3 Å². The average molecular weight is 214 g/mol. The Morgan fingerprint density at radius 2 is 1.88 bits per heavy atom. The number of aryl methyl sites for hydroxylation is 2. The lowest BCUT2D eigenvalue weighted by Crippen LogP contribution is -2.03. The van der Waals surface area contributed by atoms with E-state index in [4.69, 9.17) is 4.74 Å². The molecular weight excluding hydrogens is 200 g/mol. The monoisotopic (exact) mass is 214 g/mol. The van der Waals surface area contributed by atoms with E-state index in [2.05, 4.69) is 6.07 Å². The lowest BCUT2D eigenvalue weighted by molar-refractivity contribution is -0.131. The van der Waals surface area contributed by atoms with Crippen LogP contribution in [0.5, 0.6) is 5.75 Å². The van der Waals surface area contributed by atoms with Crippen LogP contribution in [0.2, 0.25) is 0 Å². The van der Waals surface area contributed by atoms with E-state index in [1.807, 2.05) is 38.1 Å². The molecule has 0 aliphatic rings. The van der Waals surface area contributed by atoms with E-state index in [1.54, 1.807) is 0 Å². The summed E-state index contributed by atoms with van der Waals surface area (Å²) in [5.74, 6) is 0.390. The molecule has 0 aliphatic carbocycles. The molecule has 2 aromatic rings. The van der Waals surface area contributed by atoms with Crippen LogP contribution in [0.25, 0.3) is 10.8 Å². The Morgan fingerprint density at radius 1 is 1.12 bits per heavy atom. The molecule has 0 aromatic heterocycles. The summed E-state index contributed by atoms with van der Waals surface area (Å²) in [6, 6.07) is 10.1. The molecule has 0 bridgehead atoms. The highest BCUT2D eigenvalue weighted by Gasteiger charge is 2.08. The lowest BCUT2D eigenvalue weighted by Gasteiger charge is -2.09. The average Bonchev–Trinajstić information content (AvgIpc) is 2.22. The second-order valence-corrected chi connectivity index (χ2v) is 4.03. The van der Waals surface area contributed by atoms with E-state index < -0.39 is 0 Å². The van der Waals surface area contributed by atoms with Gasteiger partial charge in [0.15, 0.2) is 0 Å². The third kappa shape index (κ3) is 1.91. The molecule has 0 amide bonds. The van der Waals surface area contributed by atoms with E-state index in [0.29, 0.717) is 5.75 Å². The van der Waals surface area contributed by atoms with Gasteiger partial charge in [-0.1, -0.05) is 35.9 Å². The van der Waals surface area contributed by atoms with E-state index in [1.165, 1.54) is 12.5 Å². The molecule has 0 spiro atoms. The summed E-state index contributed by atoms with van der Waals surface area (Å²) < 4.78 is 5.26. The standard InChI is InChI=1S/C14H14O2/c1-9-4-7-13-12(8-9)6-5-10(2)14(13)16-11(3)15/h4-8H,1-3H3. The molecule has 82 valence electrons. The van der Waals surface area contributed by atoms with E-state index in [-0.39, 0.29) is 5.97 Å². The van der Waals surface area contributed by atoms with Crippen molar-refractivity contribution in [1.29, 1.82) is 0 Å². The normalized spacial score (nSPS) is 10.4. The van der Waals surface area contributed by atoms with Gasteiger partial charge in [0.25, 0.3) is 0 Å². The van der Waals surface area contributed by atoms with Crippen LogP contribution >= 0.6 is 0 Å². The minimum Gasteiger partial charge on any atom is -0.426 e. The number of carbonyl (C=O) groups is 1. The molecule has 0 heterocycles. The third-order valence-corrected chi connectivity index (χ3v) is 2.57. The number of hydrogen-bond acceptors (Lipinski definition) is 2. The summed E-state index contributed by atoms with van der Waals surface area (Å²) >= 11 is 0. The Balaban J connectivity index is 2.69. The van der Waals surface area contributed by atoms with Crippen LogP contribution in [0.1, 0.15) is 18.1 Å². The molecule has 2 aromatic carbocycles. The maximum Gasteiger partial charge on any atom is 0.308 e. The second-order valence-electron chi connectivity index (χ2n) is 4.03. The number of hydrogen-bond donors (Lipinski definition) is 0. The van der Waals surface area contributed by atoms with Gasteiger partial charge >= 0.3 is 5.97 Å². The quantitative estimate of drug-likeness (QED) is 0.537. The van der Waals surface area contributed by atoms with Gasteiger partial charge in [0.1, 0.15) is 5.75 Å². The van der Waals surface area contributed by atoms with Crippen molar-refractivity contribution in [1.82, 2.24) is 0 Å². The van der Waals surface area contributed by atoms with Gasteiger partial charge in [-0.05, 0) is 24.8 Å². The third-order valence-electron chi connectivity index (χ3n) is 2.57. The van der Waals surface area contributed by atoms with Crippen molar-refractivity contribution in [2.45, 2.75) is 20.8 Å². The number of rotatable bonds is 1. The molecule has 0 fully saturated rings. The minimum atomic E-state index is -0.281. The molecule has 0 radical (unpaired) electrons. The fourth-order valence-corrected chi connectivity index (χ4v) is 1.81. The number of ether oxygens (including phenoxy) is 1. The van der Waals surface area contributed by atoms with Gasteiger partial charge in [-0.3, -0.25) is 4.79 Å². The zero-order valence-electron chi connectivity index (χ0n) is 9.70. The van der Waals surface area contributed by atoms with E-state index >= 15 is 0 Å². The van der Waals surface area contributed by atoms with Crippen LogP contribution in [-0.4, -0.2) is 5.97 Å². The number of esters is 1. The molecule has 0 saturated heterocycles. The zero-order valence-corrected chi connectivity index (χ0v) is 9.70. The van der Waals surface area contributed by atoms with Gasteiger partial charge < -0.3 is 4.74 Å². The molecule has 2 rings (SSSR count). The van der Waals surface area contributed by atoms with Crippen LogP contribution in [0.3, 0.4) is 0 Å². The summed E-state index contributed by atoms with van der Waals surface area (Å²) in [6.07, 6.45) is 0. The Hall–Kier alpha value is -1.83. The maximum atomic E-state index is 11.1. The largest absolute Gasteiger partial charge is 0.426 e. The van der Waals surface area contributed by atoms with Crippen molar-refractivity contribution in [3.8, 4) is 5.75 Å². The van der Waals surface area contributed by atoms with Gasteiger partial charge in [0, 0.05) is 12.3 Å². The first-order valence-corrected chi connectivity index (χ1v) is 5.26. The van der Waals surface area contributed by atoms with Gasteiger partial charge in [0.2, 0.25) is 0 Å².